The molecule has 70 valence electrons. The van der Waals surface area contributed by atoms with E-state index < -0.39 is 11.4 Å². The van der Waals surface area contributed by atoms with Crippen molar-refractivity contribution in [2.45, 2.75) is 25.4 Å². The zero-order chi connectivity index (χ0) is 9.47. The normalized spacial score (nSPS) is 32.7. The highest BCUT2D eigenvalue weighted by atomic mass is 19.1. The number of halogens is 1. The third-order valence-corrected chi connectivity index (χ3v) is 2.65. The smallest absolute Gasteiger partial charge is 0.147 e. The second-order valence-electron chi connectivity index (χ2n) is 3.90. The number of hydrogen-bond acceptors (Lipinski definition) is 2. The summed E-state index contributed by atoms with van der Waals surface area (Å²) in [6, 6.07) is 1.56. The summed E-state index contributed by atoms with van der Waals surface area (Å²) in [6.07, 6.45) is 3.96. The van der Waals surface area contributed by atoms with E-state index in [1.165, 1.54) is 6.20 Å². The van der Waals surface area contributed by atoms with Crippen molar-refractivity contribution < 1.29 is 9.50 Å². The minimum Gasteiger partial charge on any atom is -0.385 e. The van der Waals surface area contributed by atoms with Gasteiger partial charge in [-0.25, -0.2) is 4.39 Å². The van der Waals surface area contributed by atoms with Crippen LogP contribution >= 0.6 is 0 Å². The van der Waals surface area contributed by atoms with E-state index in [2.05, 4.69) is 4.98 Å². The Labute approximate surface area is 76.4 Å². The molecule has 1 aromatic rings. The molecule has 0 aliphatic heterocycles. The molecule has 0 saturated heterocycles. The Balaban J connectivity index is 2.31. The van der Waals surface area contributed by atoms with Gasteiger partial charge >= 0.3 is 0 Å². The fourth-order valence-electron chi connectivity index (χ4n) is 2.07. The third-order valence-electron chi connectivity index (χ3n) is 2.65. The third kappa shape index (κ3) is 1.33. The number of aliphatic hydroxyl groups is 1. The lowest BCUT2D eigenvalue weighted by Gasteiger charge is -2.42. The first kappa shape index (κ1) is 8.63. The quantitative estimate of drug-likeness (QED) is 0.717. The second kappa shape index (κ2) is 2.77. The van der Waals surface area contributed by atoms with Crippen LogP contribution in [0.5, 0.6) is 0 Å². The van der Waals surface area contributed by atoms with E-state index in [4.69, 9.17) is 0 Å². The molecule has 1 aromatic heterocycles. The summed E-state index contributed by atoms with van der Waals surface area (Å²) in [6.45, 7) is 2.05. The molecule has 1 N–H and O–H groups in total. The monoisotopic (exact) mass is 181 g/mol. The second-order valence-corrected chi connectivity index (χ2v) is 3.90. The molecule has 0 unspecified atom stereocenters. The molecular weight excluding hydrogens is 169 g/mol. The highest BCUT2D eigenvalue weighted by Crippen LogP contribution is 2.45. The van der Waals surface area contributed by atoms with Gasteiger partial charge in [0.25, 0.3) is 0 Å². The zero-order valence-corrected chi connectivity index (χ0v) is 7.50. The number of nitrogens with zero attached hydrogens (tertiary/aromatic N) is 1. The Morgan fingerprint density at radius 1 is 1.62 bits per heavy atom. The van der Waals surface area contributed by atoms with Gasteiger partial charge < -0.3 is 5.11 Å². The standard InChI is InChI=1S/C10H12FNO/c1-7-4-10(13,5-7)8-2-3-12-6-9(8)11/h2-3,6-7,13H,4-5H2,1H3. The van der Waals surface area contributed by atoms with Crippen LogP contribution in [0.25, 0.3) is 0 Å². The van der Waals surface area contributed by atoms with Crippen LogP contribution in [0.3, 0.4) is 0 Å². The molecule has 0 radical (unpaired) electrons. The summed E-state index contributed by atoms with van der Waals surface area (Å²) in [5.41, 5.74) is -0.549. The van der Waals surface area contributed by atoms with Gasteiger partial charge in [0.1, 0.15) is 5.82 Å². The van der Waals surface area contributed by atoms with E-state index >= 15 is 0 Å². The maximum atomic E-state index is 13.2. The maximum absolute atomic E-state index is 13.2. The molecule has 1 fully saturated rings. The molecule has 1 aliphatic rings. The van der Waals surface area contributed by atoms with Crippen LogP contribution < -0.4 is 0 Å². The summed E-state index contributed by atoms with van der Waals surface area (Å²) in [4.78, 5) is 3.65. The van der Waals surface area contributed by atoms with Crippen LogP contribution in [0.2, 0.25) is 0 Å². The molecule has 1 saturated carbocycles. The molecule has 0 bridgehead atoms. The highest BCUT2D eigenvalue weighted by molar-refractivity contribution is 5.24. The van der Waals surface area contributed by atoms with Gasteiger partial charge in [-0.2, -0.15) is 0 Å². The summed E-state index contributed by atoms with van der Waals surface area (Å²) < 4.78 is 13.2. The Morgan fingerprint density at radius 3 is 2.85 bits per heavy atom. The van der Waals surface area contributed by atoms with Crippen LogP contribution in [0.1, 0.15) is 25.3 Å². The van der Waals surface area contributed by atoms with Crippen molar-refractivity contribution in [3.63, 3.8) is 0 Å². The first-order valence-electron chi connectivity index (χ1n) is 4.44. The predicted molar refractivity (Wildman–Crippen MR) is 46.5 cm³/mol. The average Bonchev–Trinajstić information content (AvgIpc) is 2.02. The topological polar surface area (TPSA) is 33.1 Å². The molecule has 2 nitrogen and oxygen atoms in total. The van der Waals surface area contributed by atoms with Gasteiger partial charge in [0, 0.05) is 11.8 Å². The predicted octanol–water partition coefficient (Wildman–Crippen LogP) is 1.84. The lowest BCUT2D eigenvalue weighted by atomic mass is 9.68. The van der Waals surface area contributed by atoms with Crippen LogP contribution in [-0.2, 0) is 5.60 Å². The van der Waals surface area contributed by atoms with Crippen molar-refractivity contribution in [2.75, 3.05) is 0 Å². The van der Waals surface area contributed by atoms with Crippen molar-refractivity contribution in [1.29, 1.82) is 0 Å². The van der Waals surface area contributed by atoms with E-state index in [1.54, 1.807) is 6.07 Å². The van der Waals surface area contributed by atoms with Crippen LogP contribution in [0, 0.1) is 11.7 Å². The summed E-state index contributed by atoms with van der Waals surface area (Å²) in [5.74, 6) is 0.0782. The zero-order valence-electron chi connectivity index (χ0n) is 7.50. The fraction of sp³-hybridized carbons (Fsp3) is 0.500. The van der Waals surface area contributed by atoms with Gasteiger partial charge in [-0.15, -0.1) is 0 Å². The summed E-state index contributed by atoms with van der Waals surface area (Å²) in [5, 5.41) is 9.96. The van der Waals surface area contributed by atoms with Gasteiger partial charge in [0.05, 0.1) is 11.8 Å². The molecular formula is C10H12FNO. The minimum absolute atomic E-state index is 0.389. The highest BCUT2D eigenvalue weighted by Gasteiger charge is 2.43. The number of pyridine rings is 1. The molecule has 1 aliphatic carbocycles. The Kier molecular flexibility index (Phi) is 1.84. The lowest BCUT2D eigenvalue weighted by molar-refractivity contribution is -0.0763. The number of hydrogen-bond donors (Lipinski definition) is 1. The molecule has 13 heavy (non-hydrogen) atoms. The van der Waals surface area contributed by atoms with E-state index in [9.17, 15) is 9.50 Å². The molecule has 3 heteroatoms. The lowest BCUT2D eigenvalue weighted by Crippen LogP contribution is -2.40. The summed E-state index contributed by atoms with van der Waals surface area (Å²) >= 11 is 0. The van der Waals surface area contributed by atoms with E-state index in [-0.39, 0.29) is 0 Å². The first-order valence-corrected chi connectivity index (χ1v) is 4.44. The van der Waals surface area contributed by atoms with Crippen molar-refractivity contribution in [3.8, 4) is 0 Å². The first-order chi connectivity index (χ1) is 6.12. The van der Waals surface area contributed by atoms with Crippen LogP contribution in [0.15, 0.2) is 18.5 Å². The maximum Gasteiger partial charge on any atom is 0.147 e. The average molecular weight is 181 g/mol. The minimum atomic E-state index is -0.938. The van der Waals surface area contributed by atoms with Crippen molar-refractivity contribution in [1.82, 2.24) is 4.98 Å². The Bertz CT molecular complexity index is 320. The van der Waals surface area contributed by atoms with Gasteiger partial charge in [-0.1, -0.05) is 6.92 Å². The molecule has 0 amide bonds. The van der Waals surface area contributed by atoms with Gasteiger partial charge in [-0.3, -0.25) is 4.98 Å². The van der Waals surface area contributed by atoms with E-state index in [0.717, 1.165) is 6.20 Å². The molecule has 2 rings (SSSR count). The number of rotatable bonds is 1. The molecule has 0 spiro atoms. The largest absolute Gasteiger partial charge is 0.385 e. The molecule has 0 atom stereocenters. The SMILES string of the molecule is CC1CC(O)(c2ccncc2F)C1. The van der Waals surface area contributed by atoms with Gasteiger partial charge in [-0.05, 0) is 24.8 Å². The van der Waals surface area contributed by atoms with Gasteiger partial charge in [0.2, 0.25) is 0 Å². The van der Waals surface area contributed by atoms with Crippen molar-refractivity contribution in [2.24, 2.45) is 5.92 Å². The fourth-order valence-corrected chi connectivity index (χ4v) is 2.07. The Hall–Kier alpha value is -0.960. The van der Waals surface area contributed by atoms with Gasteiger partial charge in [0.15, 0.2) is 0 Å². The summed E-state index contributed by atoms with van der Waals surface area (Å²) in [7, 11) is 0. The van der Waals surface area contributed by atoms with Crippen LogP contribution in [0.4, 0.5) is 4.39 Å². The Morgan fingerprint density at radius 2 is 2.31 bits per heavy atom. The molecule has 1 heterocycles. The van der Waals surface area contributed by atoms with Crippen LogP contribution in [-0.4, -0.2) is 10.1 Å². The number of aromatic nitrogens is 1. The van der Waals surface area contributed by atoms with Crippen molar-refractivity contribution in [3.05, 3.63) is 29.8 Å². The van der Waals surface area contributed by atoms with E-state index in [1.807, 2.05) is 6.92 Å². The van der Waals surface area contributed by atoms with E-state index in [0.29, 0.717) is 24.3 Å². The molecule has 0 aromatic carbocycles. The van der Waals surface area contributed by atoms with Crippen molar-refractivity contribution >= 4 is 0 Å².